The first kappa shape index (κ1) is 21.9. The topological polar surface area (TPSA) is 74.4 Å². The molecule has 2 aromatic carbocycles. The number of likely N-dealkylation sites (tertiary alicyclic amines) is 1. The van der Waals surface area contributed by atoms with Crippen molar-refractivity contribution in [3.63, 3.8) is 0 Å². The van der Waals surface area contributed by atoms with Gasteiger partial charge in [-0.2, -0.15) is 0 Å². The number of rotatable bonds is 7. The second-order valence-corrected chi connectivity index (χ2v) is 8.18. The van der Waals surface area contributed by atoms with Gasteiger partial charge < -0.3 is 19.9 Å². The quantitative estimate of drug-likeness (QED) is 0.543. The fourth-order valence-electron chi connectivity index (χ4n) is 4.33. The molecule has 168 valence electrons. The van der Waals surface area contributed by atoms with E-state index in [1.54, 1.807) is 7.11 Å². The van der Waals surface area contributed by atoms with Crippen LogP contribution < -0.4 is 10.1 Å². The number of piperidine rings is 1. The number of hydrogen-bond donors (Lipinski definition) is 2. The van der Waals surface area contributed by atoms with Crippen LogP contribution in [0, 0.1) is 5.82 Å². The lowest BCUT2D eigenvalue weighted by molar-refractivity contribution is -0.132. The molecular formula is C25H28FN3O3. The van der Waals surface area contributed by atoms with E-state index in [0.29, 0.717) is 30.9 Å². The Balaban J connectivity index is 1.22. The van der Waals surface area contributed by atoms with E-state index in [0.717, 1.165) is 37.2 Å². The molecule has 0 radical (unpaired) electrons. The highest BCUT2D eigenvalue weighted by atomic mass is 19.1. The highest BCUT2D eigenvalue weighted by molar-refractivity contribution is 5.94. The minimum atomic E-state index is -0.375. The Bertz CT molecular complexity index is 1090. The Morgan fingerprint density at radius 1 is 1.16 bits per heavy atom. The molecule has 0 atom stereocenters. The van der Waals surface area contributed by atoms with E-state index in [2.05, 4.69) is 22.6 Å². The van der Waals surface area contributed by atoms with Gasteiger partial charge in [0.25, 0.3) is 5.91 Å². The highest BCUT2D eigenvalue weighted by Crippen LogP contribution is 2.34. The number of aromatic nitrogens is 1. The first-order valence-corrected chi connectivity index (χ1v) is 11.0. The van der Waals surface area contributed by atoms with E-state index in [-0.39, 0.29) is 17.6 Å². The molecule has 0 saturated carbocycles. The van der Waals surface area contributed by atoms with E-state index in [1.807, 2.05) is 17.0 Å². The van der Waals surface area contributed by atoms with Crippen molar-refractivity contribution < 1.29 is 18.7 Å². The zero-order chi connectivity index (χ0) is 22.5. The number of halogens is 1. The van der Waals surface area contributed by atoms with Crippen LogP contribution in [0.15, 0.2) is 48.7 Å². The third-order valence-corrected chi connectivity index (χ3v) is 6.17. The van der Waals surface area contributed by atoms with Crippen molar-refractivity contribution in [1.29, 1.82) is 0 Å². The highest BCUT2D eigenvalue weighted by Gasteiger charge is 2.25. The van der Waals surface area contributed by atoms with E-state index in [9.17, 15) is 14.0 Å². The lowest BCUT2D eigenvalue weighted by Crippen LogP contribution is -2.38. The predicted molar refractivity (Wildman–Crippen MR) is 121 cm³/mol. The Labute approximate surface area is 186 Å². The predicted octanol–water partition coefficient (Wildman–Crippen LogP) is 4.23. The number of hydrogen-bond acceptors (Lipinski definition) is 3. The molecule has 2 heterocycles. The zero-order valence-corrected chi connectivity index (χ0v) is 18.2. The molecular weight excluding hydrogens is 409 g/mol. The molecule has 0 unspecified atom stereocenters. The first-order valence-electron chi connectivity index (χ1n) is 11.0. The summed E-state index contributed by atoms with van der Waals surface area (Å²) < 4.78 is 18.3. The van der Waals surface area contributed by atoms with Crippen molar-refractivity contribution in [2.24, 2.45) is 0 Å². The molecule has 32 heavy (non-hydrogen) atoms. The maximum Gasteiger partial charge on any atom is 0.251 e. The van der Waals surface area contributed by atoms with Gasteiger partial charge in [0.2, 0.25) is 5.91 Å². The molecule has 4 rings (SSSR count). The third-order valence-electron chi connectivity index (χ3n) is 6.17. The van der Waals surface area contributed by atoms with Crippen molar-refractivity contribution in [3.8, 4) is 5.75 Å². The summed E-state index contributed by atoms with van der Waals surface area (Å²) in [6.07, 6.45) is 4.91. The molecule has 3 aromatic rings. The van der Waals surface area contributed by atoms with Crippen molar-refractivity contribution in [1.82, 2.24) is 15.2 Å². The van der Waals surface area contributed by atoms with Gasteiger partial charge in [0.15, 0.2) is 0 Å². The monoisotopic (exact) mass is 437 g/mol. The van der Waals surface area contributed by atoms with Crippen LogP contribution in [0.1, 0.15) is 47.5 Å². The maximum absolute atomic E-state index is 12.9. The average molecular weight is 438 g/mol. The number of fused-ring (bicyclic) bond motifs is 1. The number of benzene rings is 2. The Morgan fingerprint density at radius 2 is 1.91 bits per heavy atom. The molecule has 2 N–H and O–H groups in total. The van der Waals surface area contributed by atoms with Crippen molar-refractivity contribution in [2.75, 3.05) is 26.7 Å². The zero-order valence-electron chi connectivity index (χ0n) is 18.2. The summed E-state index contributed by atoms with van der Waals surface area (Å²) in [4.78, 5) is 29.9. The van der Waals surface area contributed by atoms with Crippen LogP contribution in [0.2, 0.25) is 0 Å². The van der Waals surface area contributed by atoms with Crippen LogP contribution in [0.3, 0.4) is 0 Å². The number of aromatic amines is 1. The molecule has 7 heteroatoms. The van der Waals surface area contributed by atoms with E-state index < -0.39 is 0 Å². The fourth-order valence-corrected chi connectivity index (χ4v) is 4.33. The van der Waals surface area contributed by atoms with Gasteiger partial charge in [0.05, 0.1) is 7.11 Å². The van der Waals surface area contributed by atoms with Gasteiger partial charge in [-0.15, -0.1) is 0 Å². The Kier molecular flexibility index (Phi) is 6.73. The van der Waals surface area contributed by atoms with Crippen LogP contribution in [0.25, 0.3) is 10.9 Å². The number of amides is 2. The maximum atomic E-state index is 12.9. The Hall–Kier alpha value is -3.35. The summed E-state index contributed by atoms with van der Waals surface area (Å²) in [7, 11) is 1.67. The molecule has 1 aliphatic heterocycles. The molecule has 1 aromatic heterocycles. The third kappa shape index (κ3) is 4.93. The minimum Gasteiger partial charge on any atom is -0.497 e. The number of methoxy groups -OCH3 is 1. The lowest BCUT2D eigenvalue weighted by Gasteiger charge is -2.32. The van der Waals surface area contributed by atoms with E-state index in [4.69, 9.17) is 4.74 Å². The number of H-pyrrole nitrogens is 1. The van der Waals surface area contributed by atoms with Crippen LogP contribution >= 0.6 is 0 Å². The van der Waals surface area contributed by atoms with Gasteiger partial charge in [-0.25, -0.2) is 4.39 Å². The summed E-state index contributed by atoms with van der Waals surface area (Å²) >= 11 is 0. The molecule has 2 amide bonds. The number of carbonyl (C=O) groups excluding carboxylic acids is 2. The van der Waals surface area contributed by atoms with Crippen molar-refractivity contribution >= 4 is 22.7 Å². The van der Waals surface area contributed by atoms with Crippen LogP contribution in [-0.4, -0.2) is 48.4 Å². The fraction of sp³-hybridized carbons (Fsp3) is 0.360. The average Bonchev–Trinajstić information content (AvgIpc) is 3.25. The van der Waals surface area contributed by atoms with Gasteiger partial charge in [-0.05, 0) is 73.2 Å². The van der Waals surface area contributed by atoms with Gasteiger partial charge in [-0.1, -0.05) is 0 Å². The summed E-state index contributed by atoms with van der Waals surface area (Å²) in [6.45, 7) is 1.89. The molecule has 1 aliphatic rings. The van der Waals surface area contributed by atoms with E-state index >= 15 is 0 Å². The van der Waals surface area contributed by atoms with Crippen molar-refractivity contribution in [2.45, 2.75) is 31.6 Å². The molecule has 0 bridgehead atoms. The summed E-state index contributed by atoms with van der Waals surface area (Å²) in [5.74, 6) is 0.751. The molecule has 0 spiro atoms. The summed E-state index contributed by atoms with van der Waals surface area (Å²) in [5.41, 5.74) is 2.80. The van der Waals surface area contributed by atoms with Gasteiger partial charge >= 0.3 is 0 Å². The molecule has 0 aliphatic carbocycles. The summed E-state index contributed by atoms with van der Waals surface area (Å²) in [5, 5.41) is 3.97. The second-order valence-electron chi connectivity index (χ2n) is 8.18. The number of nitrogens with one attached hydrogen (secondary N) is 2. The normalized spacial score (nSPS) is 14.5. The lowest BCUT2D eigenvalue weighted by atomic mass is 9.89. The van der Waals surface area contributed by atoms with Gasteiger partial charge in [0.1, 0.15) is 11.6 Å². The smallest absolute Gasteiger partial charge is 0.251 e. The Morgan fingerprint density at radius 3 is 2.62 bits per heavy atom. The molecule has 1 fully saturated rings. The van der Waals surface area contributed by atoms with Crippen LogP contribution in [-0.2, 0) is 4.79 Å². The molecule has 1 saturated heterocycles. The number of nitrogens with zero attached hydrogens (tertiary/aromatic N) is 1. The van der Waals surface area contributed by atoms with E-state index in [1.165, 1.54) is 35.2 Å². The van der Waals surface area contributed by atoms with Crippen LogP contribution in [0.5, 0.6) is 5.75 Å². The minimum absolute atomic E-state index is 0.125. The second kappa shape index (κ2) is 9.85. The SMILES string of the molecule is COc1ccc2[nH]cc(C3CCN(C(=O)CCCNC(=O)c4ccc(F)cc4)CC3)c2c1. The largest absolute Gasteiger partial charge is 0.497 e. The van der Waals surface area contributed by atoms with Gasteiger partial charge in [-0.3, -0.25) is 9.59 Å². The van der Waals surface area contributed by atoms with Crippen molar-refractivity contribution in [3.05, 3.63) is 65.6 Å². The van der Waals surface area contributed by atoms with Crippen LogP contribution in [0.4, 0.5) is 4.39 Å². The standard InChI is InChI=1S/C25H28FN3O3/c1-32-20-8-9-23-21(15-20)22(16-28-23)17-10-13-29(14-11-17)24(30)3-2-12-27-25(31)18-4-6-19(26)7-5-18/h4-9,15-17,28H,2-3,10-14H2,1H3,(H,27,31). The molecule has 6 nitrogen and oxygen atoms in total. The number of carbonyl (C=O) groups is 2. The van der Waals surface area contributed by atoms with Gasteiger partial charge in [0, 0.05) is 48.7 Å². The number of ether oxygens (including phenoxy) is 1. The first-order chi connectivity index (χ1) is 15.5. The summed E-state index contributed by atoms with van der Waals surface area (Å²) in [6, 6.07) is 11.5.